The maximum atomic E-state index is 13.9. The van der Waals surface area contributed by atoms with E-state index in [-0.39, 0.29) is 17.5 Å². The van der Waals surface area contributed by atoms with Crippen LogP contribution >= 0.6 is 27.7 Å². The fourth-order valence-electron chi connectivity index (χ4n) is 2.40. The topological polar surface area (TPSA) is 59.8 Å². The number of amides is 1. The van der Waals surface area contributed by atoms with E-state index in [2.05, 4.69) is 31.4 Å². The van der Waals surface area contributed by atoms with Crippen LogP contribution in [0, 0.1) is 12.7 Å². The lowest BCUT2D eigenvalue weighted by molar-refractivity contribution is -0.113. The van der Waals surface area contributed by atoms with Gasteiger partial charge in [-0.3, -0.25) is 4.79 Å². The van der Waals surface area contributed by atoms with Gasteiger partial charge in [0.1, 0.15) is 5.82 Å². The van der Waals surface area contributed by atoms with E-state index >= 15 is 0 Å². The van der Waals surface area contributed by atoms with E-state index < -0.39 is 0 Å². The molecular weight excluding hydrogens is 419 g/mol. The molecule has 1 aromatic heterocycles. The predicted octanol–water partition coefficient (Wildman–Crippen LogP) is 4.42. The molecule has 3 rings (SSSR count). The molecule has 0 aliphatic heterocycles. The number of hydrogen-bond acceptors (Lipinski definition) is 4. The Morgan fingerprint density at radius 2 is 2.04 bits per heavy atom. The van der Waals surface area contributed by atoms with E-state index in [4.69, 9.17) is 0 Å². The van der Waals surface area contributed by atoms with Gasteiger partial charge >= 0.3 is 0 Å². The highest BCUT2D eigenvalue weighted by Crippen LogP contribution is 2.25. The van der Waals surface area contributed by atoms with E-state index in [1.165, 1.54) is 17.8 Å². The van der Waals surface area contributed by atoms with Crippen LogP contribution < -0.4 is 5.32 Å². The Hall–Kier alpha value is -2.19. The van der Waals surface area contributed by atoms with Crippen molar-refractivity contribution in [2.24, 2.45) is 7.05 Å². The molecule has 0 atom stereocenters. The molecule has 0 aliphatic carbocycles. The van der Waals surface area contributed by atoms with E-state index in [1.54, 1.807) is 29.8 Å². The Morgan fingerprint density at radius 1 is 1.27 bits per heavy atom. The van der Waals surface area contributed by atoms with Gasteiger partial charge in [-0.15, -0.1) is 10.2 Å². The summed E-state index contributed by atoms with van der Waals surface area (Å²) >= 11 is 4.65. The second-order valence-corrected chi connectivity index (χ2v) is 7.50. The molecule has 0 saturated heterocycles. The molecule has 3 aromatic rings. The number of carbonyl (C=O) groups excluding carboxylic acids is 1. The van der Waals surface area contributed by atoms with Gasteiger partial charge in [0, 0.05) is 17.2 Å². The van der Waals surface area contributed by atoms with Gasteiger partial charge in [-0.25, -0.2) is 4.39 Å². The van der Waals surface area contributed by atoms with Crippen LogP contribution in [0.2, 0.25) is 0 Å². The quantitative estimate of drug-likeness (QED) is 0.603. The summed E-state index contributed by atoms with van der Waals surface area (Å²) in [5, 5.41) is 11.5. The smallest absolute Gasteiger partial charge is 0.234 e. The highest BCUT2D eigenvalue weighted by molar-refractivity contribution is 9.10. The van der Waals surface area contributed by atoms with Crippen molar-refractivity contribution in [2.75, 3.05) is 11.1 Å². The van der Waals surface area contributed by atoms with Gasteiger partial charge < -0.3 is 9.88 Å². The van der Waals surface area contributed by atoms with Crippen LogP contribution in [0.15, 0.2) is 52.1 Å². The number of aromatic nitrogens is 3. The van der Waals surface area contributed by atoms with Crippen molar-refractivity contribution < 1.29 is 9.18 Å². The molecule has 1 amide bonds. The zero-order valence-corrected chi connectivity index (χ0v) is 16.6. The predicted molar refractivity (Wildman–Crippen MR) is 105 cm³/mol. The molecule has 1 N–H and O–H groups in total. The minimum atomic E-state index is -0.358. The molecule has 1 heterocycles. The van der Waals surface area contributed by atoms with Crippen molar-refractivity contribution in [3.8, 4) is 11.4 Å². The van der Waals surface area contributed by atoms with Crippen molar-refractivity contribution in [3.05, 3.63) is 58.3 Å². The van der Waals surface area contributed by atoms with Gasteiger partial charge in [0.05, 0.1) is 11.3 Å². The molecule has 2 aromatic carbocycles. The number of benzene rings is 2. The Kier molecular flexibility index (Phi) is 5.73. The lowest BCUT2D eigenvalue weighted by atomic mass is 10.2. The summed E-state index contributed by atoms with van der Waals surface area (Å²) in [5.74, 6) is 0.104. The lowest BCUT2D eigenvalue weighted by Gasteiger charge is -2.08. The van der Waals surface area contributed by atoms with Crippen LogP contribution in [0.25, 0.3) is 11.4 Å². The summed E-state index contributed by atoms with van der Waals surface area (Å²) in [5.41, 5.74) is 2.12. The summed E-state index contributed by atoms with van der Waals surface area (Å²) in [6.45, 7) is 1.93. The molecule has 26 heavy (non-hydrogen) atoms. The second kappa shape index (κ2) is 8.01. The number of nitrogens with one attached hydrogen (secondary N) is 1. The van der Waals surface area contributed by atoms with Gasteiger partial charge in [0.2, 0.25) is 5.91 Å². The molecule has 8 heteroatoms. The number of hydrogen-bond donors (Lipinski definition) is 1. The first-order valence-electron chi connectivity index (χ1n) is 7.79. The van der Waals surface area contributed by atoms with Crippen LogP contribution in [-0.4, -0.2) is 26.4 Å². The first-order chi connectivity index (χ1) is 12.5. The maximum Gasteiger partial charge on any atom is 0.234 e. The molecule has 0 spiro atoms. The highest BCUT2D eigenvalue weighted by atomic mass is 79.9. The fraction of sp³-hybridized carbons (Fsp3) is 0.167. The third-order valence-corrected chi connectivity index (χ3v) is 5.26. The molecule has 0 radical (unpaired) electrons. The number of carbonyl (C=O) groups is 1. The maximum absolute atomic E-state index is 13.9. The molecule has 134 valence electrons. The van der Waals surface area contributed by atoms with Crippen LogP contribution in [0.3, 0.4) is 0 Å². The van der Waals surface area contributed by atoms with E-state index in [9.17, 15) is 9.18 Å². The summed E-state index contributed by atoms with van der Waals surface area (Å²) in [4.78, 5) is 12.2. The largest absolute Gasteiger partial charge is 0.325 e. The monoisotopic (exact) mass is 434 g/mol. The number of rotatable bonds is 5. The normalized spacial score (nSPS) is 10.8. The molecular formula is C18H16BrFN4OS. The Labute approximate surface area is 163 Å². The zero-order valence-electron chi connectivity index (χ0n) is 14.2. The summed E-state index contributed by atoms with van der Waals surface area (Å²) in [7, 11) is 1.75. The van der Waals surface area contributed by atoms with Crippen molar-refractivity contribution >= 4 is 39.3 Å². The molecule has 0 unspecified atom stereocenters. The standard InChI is InChI=1S/C18H16BrFN4OS/c1-11-9-12(19)7-8-15(11)21-16(25)10-26-18-23-22-17(24(18)2)13-5-3-4-6-14(13)20/h3-9H,10H2,1-2H3,(H,21,25). The van der Waals surface area contributed by atoms with Gasteiger partial charge in [-0.2, -0.15) is 0 Å². The van der Waals surface area contributed by atoms with Crippen molar-refractivity contribution in [2.45, 2.75) is 12.1 Å². The van der Waals surface area contributed by atoms with Crippen molar-refractivity contribution in [3.63, 3.8) is 0 Å². The van der Waals surface area contributed by atoms with Crippen molar-refractivity contribution in [1.29, 1.82) is 0 Å². The van der Waals surface area contributed by atoms with Gasteiger partial charge in [0.15, 0.2) is 11.0 Å². The minimum Gasteiger partial charge on any atom is -0.325 e. The van der Waals surface area contributed by atoms with Crippen LogP contribution in [0.1, 0.15) is 5.56 Å². The average molecular weight is 435 g/mol. The zero-order chi connectivity index (χ0) is 18.7. The van der Waals surface area contributed by atoms with Crippen LogP contribution in [0.4, 0.5) is 10.1 Å². The molecule has 0 bridgehead atoms. The van der Waals surface area contributed by atoms with Crippen LogP contribution in [0.5, 0.6) is 0 Å². The third kappa shape index (κ3) is 4.13. The molecule has 0 saturated carbocycles. The molecule has 5 nitrogen and oxygen atoms in total. The number of aryl methyl sites for hydroxylation is 1. The average Bonchev–Trinajstić information content (AvgIpc) is 2.97. The number of nitrogens with zero attached hydrogens (tertiary/aromatic N) is 3. The summed E-state index contributed by atoms with van der Waals surface area (Å²) in [6.07, 6.45) is 0. The Morgan fingerprint density at radius 3 is 2.77 bits per heavy atom. The van der Waals surface area contributed by atoms with E-state index in [1.807, 2.05) is 25.1 Å². The van der Waals surface area contributed by atoms with Gasteiger partial charge in [-0.05, 0) is 42.8 Å². The summed E-state index contributed by atoms with van der Waals surface area (Å²) in [6, 6.07) is 12.1. The summed E-state index contributed by atoms with van der Waals surface area (Å²) < 4.78 is 16.6. The van der Waals surface area contributed by atoms with E-state index in [0.29, 0.717) is 16.5 Å². The first-order valence-corrected chi connectivity index (χ1v) is 9.56. The van der Waals surface area contributed by atoms with Gasteiger partial charge in [0.25, 0.3) is 0 Å². The second-order valence-electron chi connectivity index (χ2n) is 5.64. The van der Waals surface area contributed by atoms with E-state index in [0.717, 1.165) is 15.7 Å². The number of thioether (sulfide) groups is 1. The SMILES string of the molecule is Cc1cc(Br)ccc1NC(=O)CSc1nnc(-c2ccccc2F)n1C. The first kappa shape index (κ1) is 18.6. The molecule has 0 aliphatic rings. The number of halogens is 2. The Bertz CT molecular complexity index is 960. The fourth-order valence-corrected chi connectivity index (χ4v) is 3.59. The third-order valence-electron chi connectivity index (χ3n) is 3.74. The van der Waals surface area contributed by atoms with Crippen LogP contribution in [-0.2, 0) is 11.8 Å². The lowest BCUT2D eigenvalue weighted by Crippen LogP contribution is -2.15. The molecule has 0 fully saturated rings. The highest BCUT2D eigenvalue weighted by Gasteiger charge is 2.15. The van der Waals surface area contributed by atoms with Gasteiger partial charge in [-0.1, -0.05) is 39.8 Å². The minimum absolute atomic E-state index is 0.143. The number of anilines is 1. The van der Waals surface area contributed by atoms with Crippen molar-refractivity contribution in [1.82, 2.24) is 14.8 Å². The Balaban J connectivity index is 1.67.